The van der Waals surface area contributed by atoms with Gasteiger partial charge in [-0.2, -0.15) is 0 Å². The number of hydrogen-bond donors (Lipinski definition) is 1. The van der Waals surface area contributed by atoms with Gasteiger partial charge in [-0.3, -0.25) is 4.79 Å². The van der Waals surface area contributed by atoms with Crippen molar-refractivity contribution < 1.29 is 9.47 Å². The average molecular weight is 615 g/mol. The van der Waals surface area contributed by atoms with Crippen molar-refractivity contribution in [3.05, 3.63) is 87.7 Å². The lowest BCUT2D eigenvalue weighted by molar-refractivity contribution is 0.275. The van der Waals surface area contributed by atoms with Gasteiger partial charge >= 0.3 is 0 Å². The van der Waals surface area contributed by atoms with Crippen molar-refractivity contribution >= 4 is 16.6 Å². The fourth-order valence-electron chi connectivity index (χ4n) is 5.51. The Bertz CT molecular complexity index is 1400. The molecule has 0 aliphatic carbocycles. The van der Waals surface area contributed by atoms with Crippen LogP contribution in [-0.2, 0) is 13.1 Å². The van der Waals surface area contributed by atoms with Gasteiger partial charge in [-0.15, -0.1) is 0 Å². The van der Waals surface area contributed by atoms with E-state index < -0.39 is 0 Å². The Morgan fingerprint density at radius 1 is 0.800 bits per heavy atom. The number of unbranched alkanes of at least 4 members (excludes halogenated alkanes) is 8. The first kappa shape index (κ1) is 36.0. The smallest absolute Gasteiger partial charge is 0.297 e. The number of ether oxygens (including phenoxy) is 2. The van der Waals surface area contributed by atoms with Crippen molar-refractivity contribution in [3.63, 3.8) is 0 Å². The lowest BCUT2D eigenvalue weighted by Crippen LogP contribution is -2.24. The highest BCUT2D eigenvalue weighted by Gasteiger charge is 2.20. The molecule has 0 fully saturated rings. The first-order valence-electron chi connectivity index (χ1n) is 17.5. The zero-order valence-electron chi connectivity index (χ0n) is 28.8. The zero-order chi connectivity index (χ0) is 32.3. The Kier molecular flexibility index (Phi) is 16.4. The van der Waals surface area contributed by atoms with E-state index >= 15 is 0 Å². The number of fused-ring (bicyclic) bond motifs is 1. The van der Waals surface area contributed by atoms with Crippen molar-refractivity contribution in [1.29, 1.82) is 0 Å². The van der Waals surface area contributed by atoms with Crippen LogP contribution in [-0.4, -0.2) is 17.8 Å². The van der Waals surface area contributed by atoms with Gasteiger partial charge in [0.25, 0.3) is 5.56 Å². The Labute approximate surface area is 272 Å². The predicted molar refractivity (Wildman–Crippen MR) is 193 cm³/mol. The maximum Gasteiger partial charge on any atom is 0.297 e. The Balaban J connectivity index is 1.96. The molecule has 0 aliphatic heterocycles. The van der Waals surface area contributed by atoms with Gasteiger partial charge in [0.05, 0.1) is 12.1 Å². The number of nitrogens with one attached hydrogen (secondary N) is 1. The molecule has 0 spiro atoms. The zero-order valence-corrected chi connectivity index (χ0v) is 28.8. The third-order valence-corrected chi connectivity index (χ3v) is 8.25. The normalized spacial score (nSPS) is 11.5. The lowest BCUT2D eigenvalue weighted by Gasteiger charge is -2.19. The minimum absolute atomic E-state index is 0.101. The first-order valence-corrected chi connectivity index (χ1v) is 17.5. The monoisotopic (exact) mass is 614 g/mol. The highest BCUT2D eigenvalue weighted by atomic mass is 16.5. The minimum Gasteiger partial charge on any atom is -0.489 e. The van der Waals surface area contributed by atoms with Gasteiger partial charge in [0.2, 0.25) is 5.75 Å². The molecule has 1 aromatic heterocycles. The van der Waals surface area contributed by atoms with Gasteiger partial charge in [-0.25, -0.2) is 0 Å². The van der Waals surface area contributed by atoms with Crippen LogP contribution in [0.2, 0.25) is 0 Å². The molecule has 5 heteroatoms. The van der Waals surface area contributed by atoms with Crippen LogP contribution in [0.5, 0.6) is 11.5 Å². The molecule has 246 valence electrons. The number of benzene rings is 2. The predicted octanol–water partition coefficient (Wildman–Crippen LogP) is 11.0. The summed E-state index contributed by atoms with van der Waals surface area (Å²) in [5.74, 6) is 0.915. The Morgan fingerprint density at radius 3 is 2.24 bits per heavy atom. The quantitative estimate of drug-likeness (QED) is 0.0903. The fraction of sp³-hybridized carbons (Fsp3) is 0.525. The van der Waals surface area contributed by atoms with E-state index in [4.69, 9.17) is 9.47 Å². The number of nitrogens with zero attached hydrogens (tertiary/aromatic N) is 1. The third-order valence-electron chi connectivity index (χ3n) is 8.25. The van der Waals surface area contributed by atoms with E-state index in [0.29, 0.717) is 31.3 Å². The first-order chi connectivity index (χ1) is 21.9. The van der Waals surface area contributed by atoms with Crippen molar-refractivity contribution in [2.45, 2.75) is 125 Å². The maximum absolute atomic E-state index is 14.2. The van der Waals surface area contributed by atoms with E-state index in [9.17, 15) is 4.79 Å². The number of hydrogen-bond acceptors (Lipinski definition) is 4. The molecular formula is C40H58N2O3. The molecular weight excluding hydrogens is 556 g/mol. The van der Waals surface area contributed by atoms with Crippen LogP contribution in [0.1, 0.15) is 117 Å². The van der Waals surface area contributed by atoms with Crippen molar-refractivity contribution in [3.8, 4) is 11.5 Å². The Morgan fingerprint density at radius 2 is 1.51 bits per heavy atom. The van der Waals surface area contributed by atoms with Crippen molar-refractivity contribution in [2.75, 3.05) is 18.5 Å². The van der Waals surface area contributed by atoms with E-state index in [1.807, 2.05) is 10.6 Å². The van der Waals surface area contributed by atoms with Gasteiger partial charge in [0, 0.05) is 24.2 Å². The molecule has 1 N–H and O–H groups in total. The van der Waals surface area contributed by atoms with Crippen LogP contribution < -0.4 is 20.3 Å². The summed E-state index contributed by atoms with van der Waals surface area (Å²) in [7, 11) is 0. The second-order valence-electron chi connectivity index (χ2n) is 12.5. The molecule has 0 aliphatic rings. The summed E-state index contributed by atoms with van der Waals surface area (Å²) >= 11 is 0. The SMILES string of the molecule is CCCCCCCCn1c(=O)c(OC/C=C(\C)CCC=C(C)C)c(OCCCCCC)c2ccc(NCc3ccccc3)cc21. The molecule has 3 aromatic rings. The molecule has 3 rings (SSSR count). The van der Waals surface area contributed by atoms with E-state index in [1.54, 1.807) is 0 Å². The number of aromatic nitrogens is 1. The molecule has 0 amide bonds. The molecule has 0 bridgehead atoms. The number of aryl methyl sites for hydroxylation is 1. The molecule has 0 saturated heterocycles. The lowest BCUT2D eigenvalue weighted by atomic mass is 10.1. The van der Waals surface area contributed by atoms with Crippen LogP contribution in [0, 0.1) is 0 Å². The number of pyridine rings is 1. The molecule has 1 heterocycles. The van der Waals surface area contributed by atoms with E-state index in [0.717, 1.165) is 61.7 Å². The summed E-state index contributed by atoms with van der Waals surface area (Å²) in [6.07, 6.45) is 17.8. The maximum atomic E-state index is 14.2. The molecule has 0 saturated carbocycles. The highest BCUT2D eigenvalue weighted by Crippen LogP contribution is 2.35. The summed E-state index contributed by atoms with van der Waals surface area (Å²) in [5, 5.41) is 4.49. The largest absolute Gasteiger partial charge is 0.489 e. The van der Waals surface area contributed by atoms with Gasteiger partial charge in [0.1, 0.15) is 6.61 Å². The van der Waals surface area contributed by atoms with Gasteiger partial charge < -0.3 is 19.4 Å². The number of rotatable bonds is 22. The van der Waals surface area contributed by atoms with Crippen LogP contribution in [0.25, 0.3) is 10.9 Å². The fourth-order valence-corrected chi connectivity index (χ4v) is 5.51. The molecule has 45 heavy (non-hydrogen) atoms. The van der Waals surface area contributed by atoms with Gasteiger partial charge in [0.15, 0.2) is 5.75 Å². The third kappa shape index (κ3) is 12.4. The molecule has 0 unspecified atom stereocenters. The van der Waals surface area contributed by atoms with Gasteiger partial charge in [-0.1, -0.05) is 113 Å². The van der Waals surface area contributed by atoms with E-state index in [-0.39, 0.29) is 5.56 Å². The summed E-state index contributed by atoms with van der Waals surface area (Å²) in [6.45, 7) is 13.1. The van der Waals surface area contributed by atoms with E-state index in [1.165, 1.54) is 55.2 Å². The van der Waals surface area contributed by atoms with Crippen LogP contribution in [0.4, 0.5) is 5.69 Å². The second-order valence-corrected chi connectivity index (χ2v) is 12.5. The molecule has 0 atom stereocenters. The number of allylic oxidation sites excluding steroid dienone is 3. The minimum atomic E-state index is -0.101. The Hall–Kier alpha value is -3.47. The molecule has 0 radical (unpaired) electrons. The standard InChI is InChI=1S/C40H58N2O3/c1-6-8-10-12-13-17-27-42-37-30-35(41-31-34-22-15-14-16-23-34)24-25-36(37)38(44-28-18-11-9-7-2)39(40(42)43)45-29-26-33(5)21-19-20-32(3)4/h14-16,20,22-26,30,41H,6-13,17-19,21,27-29,31H2,1-5H3/b33-26+. The van der Waals surface area contributed by atoms with Gasteiger partial charge in [-0.05, 0) is 76.3 Å². The van der Waals surface area contributed by atoms with Crippen LogP contribution in [0.15, 0.2) is 76.6 Å². The van der Waals surface area contributed by atoms with Crippen LogP contribution >= 0.6 is 0 Å². The summed E-state index contributed by atoms with van der Waals surface area (Å²) in [4.78, 5) is 14.2. The highest BCUT2D eigenvalue weighted by molar-refractivity contribution is 5.90. The summed E-state index contributed by atoms with van der Waals surface area (Å²) < 4.78 is 14.7. The van der Waals surface area contributed by atoms with Crippen molar-refractivity contribution in [1.82, 2.24) is 4.57 Å². The summed E-state index contributed by atoms with van der Waals surface area (Å²) in [6, 6.07) is 16.7. The topological polar surface area (TPSA) is 52.5 Å². The van der Waals surface area contributed by atoms with Crippen LogP contribution in [0.3, 0.4) is 0 Å². The average Bonchev–Trinajstić information content (AvgIpc) is 3.04. The summed E-state index contributed by atoms with van der Waals surface area (Å²) in [5.41, 5.74) is 5.59. The molecule has 5 nitrogen and oxygen atoms in total. The van der Waals surface area contributed by atoms with E-state index in [2.05, 4.69) is 94.6 Å². The number of anilines is 1. The molecule has 2 aromatic carbocycles. The second kappa shape index (κ2) is 20.5. The van der Waals surface area contributed by atoms with Crippen molar-refractivity contribution in [2.24, 2.45) is 0 Å².